The average Bonchev–Trinajstić information content (AvgIpc) is 2.86. The van der Waals surface area contributed by atoms with E-state index in [9.17, 15) is 0 Å². The lowest BCUT2D eigenvalue weighted by Gasteiger charge is -2.12. The molecule has 0 bridgehead atoms. The molecule has 0 amide bonds. The molecule has 0 radical (unpaired) electrons. The van der Waals surface area contributed by atoms with E-state index in [2.05, 4.69) is 57.8 Å². The molecular formula is C15H20N6S+2. The van der Waals surface area contributed by atoms with Gasteiger partial charge in [0.25, 0.3) is 0 Å². The first-order chi connectivity index (χ1) is 10.4. The summed E-state index contributed by atoms with van der Waals surface area (Å²) >= 11 is 0. The molecule has 0 fully saturated rings. The number of rotatable bonds is 0. The van der Waals surface area contributed by atoms with E-state index in [-0.39, 0.29) is 10.9 Å². The molecular weight excluding hydrogens is 296 g/mol. The molecule has 7 heteroatoms. The molecule has 0 atom stereocenters. The van der Waals surface area contributed by atoms with Crippen LogP contribution >= 0.6 is 10.9 Å². The van der Waals surface area contributed by atoms with Gasteiger partial charge in [-0.3, -0.25) is 0 Å². The van der Waals surface area contributed by atoms with Crippen LogP contribution in [0.25, 0.3) is 0 Å². The highest BCUT2D eigenvalue weighted by Crippen LogP contribution is 2.32. The molecule has 0 saturated carbocycles. The third-order valence-electron chi connectivity index (χ3n) is 4.08. The summed E-state index contributed by atoms with van der Waals surface area (Å²) in [6.45, 7) is 8.39. The average molecular weight is 316 g/mol. The Hall–Kier alpha value is -2.02. The quantitative estimate of drug-likeness (QED) is 0.532. The number of aryl methyl sites for hydroxylation is 4. The van der Waals surface area contributed by atoms with Crippen LogP contribution in [0.15, 0.2) is 12.1 Å². The number of hydrogen-bond donors (Lipinski definition) is 0. The highest BCUT2D eigenvalue weighted by atomic mass is 32.2. The lowest BCUT2D eigenvalue weighted by atomic mass is 10.3. The SMILES string of the molecule is Cc1cc(C)[n+]2c(n1)N(C)C1=S2[n+]2c(C)cc(C)nc2N1C. The van der Waals surface area contributed by atoms with Gasteiger partial charge in [0, 0.05) is 12.1 Å². The summed E-state index contributed by atoms with van der Waals surface area (Å²) in [5.74, 6) is 2.00. The standard InChI is InChI=1S/C15H20N6S/c1-9-7-11(3)20-13(16-9)18(5)15-19(6)14-17-10(2)8-12(4)21(14)22(15)20/h7-8H,1-6H3/q+2. The van der Waals surface area contributed by atoms with Crippen LogP contribution < -0.4 is 17.7 Å². The van der Waals surface area contributed by atoms with Crippen molar-refractivity contribution in [2.24, 2.45) is 0 Å². The summed E-state index contributed by atoms with van der Waals surface area (Å²) in [5, 5.41) is 1.22. The zero-order valence-electron chi connectivity index (χ0n) is 13.7. The van der Waals surface area contributed by atoms with Gasteiger partial charge in [0.2, 0.25) is 10.9 Å². The molecule has 4 rings (SSSR count). The molecule has 2 aromatic rings. The minimum atomic E-state index is -0.241. The fourth-order valence-corrected chi connectivity index (χ4v) is 5.67. The minimum Gasteiger partial charge on any atom is -0.192 e. The van der Waals surface area contributed by atoms with Crippen molar-refractivity contribution in [2.75, 3.05) is 23.9 Å². The molecule has 2 aromatic heterocycles. The molecule has 0 aliphatic carbocycles. The third kappa shape index (κ3) is 1.54. The van der Waals surface area contributed by atoms with Crippen LogP contribution in [-0.4, -0.2) is 29.2 Å². The van der Waals surface area contributed by atoms with E-state index in [1.54, 1.807) is 0 Å². The first kappa shape index (κ1) is 13.6. The van der Waals surface area contributed by atoms with Crippen LogP contribution in [0.3, 0.4) is 0 Å². The maximum absolute atomic E-state index is 4.75. The second-order valence-corrected chi connectivity index (χ2v) is 7.56. The van der Waals surface area contributed by atoms with Crippen molar-refractivity contribution in [3.05, 3.63) is 34.9 Å². The van der Waals surface area contributed by atoms with Gasteiger partial charge in [0.15, 0.2) is 0 Å². The molecule has 0 spiro atoms. The van der Waals surface area contributed by atoms with Crippen molar-refractivity contribution in [2.45, 2.75) is 27.7 Å². The van der Waals surface area contributed by atoms with E-state index in [1.165, 1.54) is 16.5 Å². The minimum absolute atomic E-state index is 0.241. The summed E-state index contributed by atoms with van der Waals surface area (Å²) in [7, 11) is 3.94. The molecule has 0 N–H and O–H groups in total. The number of nitrogens with zero attached hydrogens (tertiary/aromatic N) is 6. The van der Waals surface area contributed by atoms with Gasteiger partial charge < -0.3 is 0 Å². The van der Waals surface area contributed by atoms with Crippen LogP contribution in [0, 0.1) is 27.7 Å². The zero-order valence-corrected chi connectivity index (χ0v) is 14.6. The summed E-state index contributed by atoms with van der Waals surface area (Å²) in [6.07, 6.45) is 0. The lowest BCUT2D eigenvalue weighted by molar-refractivity contribution is -0.593. The maximum Gasteiger partial charge on any atom is 0.415 e. The van der Waals surface area contributed by atoms with Gasteiger partial charge in [-0.2, -0.15) is 9.80 Å². The normalized spacial score (nSPS) is 16.2. The molecule has 6 nitrogen and oxygen atoms in total. The molecule has 4 heterocycles. The predicted molar refractivity (Wildman–Crippen MR) is 88.0 cm³/mol. The largest absolute Gasteiger partial charge is 0.415 e. The maximum atomic E-state index is 4.75. The number of hydrogen-bond acceptors (Lipinski definition) is 4. The molecule has 2 aliphatic heterocycles. The Balaban J connectivity index is 2.08. The van der Waals surface area contributed by atoms with Crippen molar-refractivity contribution in [3.8, 4) is 0 Å². The number of aromatic nitrogens is 4. The van der Waals surface area contributed by atoms with E-state index < -0.39 is 0 Å². The van der Waals surface area contributed by atoms with Gasteiger partial charge in [0.05, 0.1) is 25.5 Å². The van der Waals surface area contributed by atoms with Crippen molar-refractivity contribution in [1.82, 2.24) is 9.97 Å². The molecule has 0 saturated heterocycles. The lowest BCUT2D eigenvalue weighted by Crippen LogP contribution is -2.47. The number of fused-ring (bicyclic) bond motifs is 4. The highest BCUT2D eigenvalue weighted by Gasteiger charge is 2.51. The van der Waals surface area contributed by atoms with Crippen LogP contribution in [0.4, 0.5) is 11.9 Å². The van der Waals surface area contributed by atoms with Crippen LogP contribution in [0.1, 0.15) is 22.8 Å². The first-order valence-corrected chi connectivity index (χ1v) is 8.44. The fraction of sp³-hybridized carbons (Fsp3) is 0.400. The van der Waals surface area contributed by atoms with Gasteiger partial charge in [-0.05, 0) is 27.7 Å². The van der Waals surface area contributed by atoms with E-state index in [1.807, 2.05) is 13.8 Å². The summed E-state index contributed by atoms with van der Waals surface area (Å²) in [5.41, 5.74) is 4.54. The molecule has 2 aliphatic rings. The zero-order chi connectivity index (χ0) is 15.8. The van der Waals surface area contributed by atoms with E-state index in [0.717, 1.165) is 23.3 Å². The Kier molecular flexibility index (Phi) is 2.64. The Morgan fingerprint density at radius 1 is 0.818 bits per heavy atom. The summed E-state index contributed by atoms with van der Waals surface area (Å²) in [4.78, 5) is 13.9. The Labute approximate surface area is 132 Å². The van der Waals surface area contributed by atoms with Crippen LogP contribution in [-0.2, 0) is 0 Å². The third-order valence-corrected chi connectivity index (χ3v) is 6.54. The summed E-state index contributed by atoms with van der Waals surface area (Å²) < 4.78 is 4.64. The van der Waals surface area contributed by atoms with Gasteiger partial charge in [-0.1, -0.05) is 9.97 Å². The second kappa shape index (κ2) is 4.25. The Morgan fingerprint density at radius 2 is 1.23 bits per heavy atom. The molecule has 0 aromatic carbocycles. The van der Waals surface area contributed by atoms with Gasteiger partial charge in [-0.15, -0.1) is 7.94 Å². The summed E-state index contributed by atoms with van der Waals surface area (Å²) in [6, 6.07) is 4.28. The van der Waals surface area contributed by atoms with Crippen molar-refractivity contribution in [1.29, 1.82) is 0 Å². The Bertz CT molecular complexity index is 803. The van der Waals surface area contributed by atoms with E-state index in [4.69, 9.17) is 9.97 Å². The van der Waals surface area contributed by atoms with Crippen molar-refractivity contribution >= 4 is 27.9 Å². The van der Waals surface area contributed by atoms with Crippen molar-refractivity contribution in [3.63, 3.8) is 0 Å². The fourth-order valence-electron chi connectivity index (χ4n) is 3.24. The predicted octanol–water partition coefficient (Wildman–Crippen LogP) is 0.768. The van der Waals surface area contributed by atoms with E-state index >= 15 is 0 Å². The first-order valence-electron chi connectivity index (χ1n) is 7.30. The van der Waals surface area contributed by atoms with Crippen molar-refractivity contribution < 1.29 is 7.94 Å². The van der Waals surface area contributed by atoms with Gasteiger partial charge >= 0.3 is 17.0 Å². The second-order valence-electron chi connectivity index (χ2n) is 5.93. The molecule has 22 heavy (non-hydrogen) atoms. The van der Waals surface area contributed by atoms with E-state index in [0.29, 0.717) is 0 Å². The highest BCUT2D eigenvalue weighted by molar-refractivity contribution is 8.05. The van der Waals surface area contributed by atoms with Gasteiger partial charge in [-0.25, -0.2) is 0 Å². The topological polar surface area (TPSA) is 40.0 Å². The molecule has 0 unspecified atom stereocenters. The van der Waals surface area contributed by atoms with Gasteiger partial charge in [0.1, 0.15) is 11.4 Å². The monoisotopic (exact) mass is 316 g/mol. The van der Waals surface area contributed by atoms with Crippen LogP contribution in [0.5, 0.6) is 0 Å². The molecule has 114 valence electrons. The van der Waals surface area contributed by atoms with Crippen LogP contribution in [0.2, 0.25) is 0 Å². The Morgan fingerprint density at radius 3 is 1.64 bits per heavy atom. The smallest absolute Gasteiger partial charge is 0.192 e. The number of anilines is 2.